The highest BCUT2D eigenvalue weighted by Gasteiger charge is 2.49. The Kier molecular flexibility index (Phi) is 4.44. The van der Waals surface area contributed by atoms with Crippen LogP contribution < -0.4 is 14.8 Å². The van der Waals surface area contributed by atoms with Crippen LogP contribution in [0.4, 0.5) is 4.79 Å². The molecule has 0 spiro atoms. The van der Waals surface area contributed by atoms with Gasteiger partial charge in [0.1, 0.15) is 5.54 Å². The SMILES string of the molecule is C[C@]1(c2ccc3c(c2)OCCCO3)NC(=O)N(Cc2ccc(Cl)cc2)C1=O. The maximum atomic E-state index is 13.1. The normalized spacial score (nSPS) is 21.8. The summed E-state index contributed by atoms with van der Waals surface area (Å²) in [5.74, 6) is 0.927. The van der Waals surface area contributed by atoms with Gasteiger partial charge in [-0.3, -0.25) is 9.69 Å². The second kappa shape index (κ2) is 6.78. The first-order chi connectivity index (χ1) is 13.0. The minimum absolute atomic E-state index is 0.183. The predicted molar refractivity (Wildman–Crippen MR) is 99.9 cm³/mol. The number of urea groups is 1. The second-order valence-corrected chi connectivity index (χ2v) is 7.22. The third-order valence-corrected chi connectivity index (χ3v) is 5.11. The van der Waals surface area contributed by atoms with Crippen molar-refractivity contribution in [3.05, 3.63) is 58.6 Å². The number of halogens is 1. The Labute approximate surface area is 162 Å². The van der Waals surface area contributed by atoms with E-state index in [1.165, 1.54) is 4.90 Å². The number of hydrogen-bond acceptors (Lipinski definition) is 4. The summed E-state index contributed by atoms with van der Waals surface area (Å²) < 4.78 is 11.4. The fourth-order valence-corrected chi connectivity index (χ4v) is 3.41. The lowest BCUT2D eigenvalue weighted by atomic mass is 9.91. The first-order valence-electron chi connectivity index (χ1n) is 8.76. The lowest BCUT2D eigenvalue weighted by Gasteiger charge is -2.23. The number of nitrogens with zero attached hydrogens (tertiary/aromatic N) is 1. The molecule has 140 valence electrons. The third-order valence-electron chi connectivity index (χ3n) is 4.85. The number of fused-ring (bicyclic) bond motifs is 1. The Bertz CT molecular complexity index is 899. The fourth-order valence-electron chi connectivity index (χ4n) is 3.28. The van der Waals surface area contributed by atoms with Crippen molar-refractivity contribution in [2.24, 2.45) is 0 Å². The Morgan fingerprint density at radius 2 is 1.78 bits per heavy atom. The Balaban J connectivity index is 1.61. The molecule has 2 aliphatic rings. The van der Waals surface area contributed by atoms with E-state index in [9.17, 15) is 9.59 Å². The molecule has 1 atom stereocenters. The van der Waals surface area contributed by atoms with Crippen LogP contribution in [0.5, 0.6) is 11.5 Å². The summed E-state index contributed by atoms with van der Waals surface area (Å²) in [6.45, 7) is 3.03. The van der Waals surface area contributed by atoms with Crippen molar-refractivity contribution in [1.29, 1.82) is 0 Å². The average molecular weight is 387 g/mol. The number of ether oxygens (including phenoxy) is 2. The molecule has 2 heterocycles. The van der Waals surface area contributed by atoms with Crippen molar-refractivity contribution in [1.82, 2.24) is 10.2 Å². The maximum absolute atomic E-state index is 13.1. The molecule has 0 radical (unpaired) electrons. The quantitative estimate of drug-likeness (QED) is 0.820. The molecule has 2 aromatic carbocycles. The number of amides is 3. The molecule has 4 rings (SSSR count). The summed E-state index contributed by atoms with van der Waals surface area (Å²) in [6, 6.07) is 12.0. The molecule has 0 unspecified atom stereocenters. The molecule has 0 saturated carbocycles. The minimum Gasteiger partial charge on any atom is -0.490 e. The molecule has 2 aliphatic heterocycles. The van der Waals surface area contributed by atoms with Gasteiger partial charge in [-0.25, -0.2) is 4.79 Å². The molecule has 1 saturated heterocycles. The van der Waals surface area contributed by atoms with E-state index in [0.717, 1.165) is 12.0 Å². The summed E-state index contributed by atoms with van der Waals surface area (Å²) in [4.78, 5) is 26.8. The van der Waals surface area contributed by atoms with Crippen LogP contribution in [0.1, 0.15) is 24.5 Å². The van der Waals surface area contributed by atoms with Crippen molar-refractivity contribution >= 4 is 23.5 Å². The molecule has 0 aliphatic carbocycles. The van der Waals surface area contributed by atoms with Crippen molar-refractivity contribution in [2.45, 2.75) is 25.4 Å². The number of benzene rings is 2. The van der Waals surface area contributed by atoms with Crippen LogP contribution in [-0.2, 0) is 16.9 Å². The van der Waals surface area contributed by atoms with Gasteiger partial charge in [0.15, 0.2) is 11.5 Å². The molecule has 0 aromatic heterocycles. The third kappa shape index (κ3) is 3.21. The summed E-state index contributed by atoms with van der Waals surface area (Å²) in [6.07, 6.45) is 0.797. The van der Waals surface area contributed by atoms with Gasteiger partial charge in [-0.05, 0) is 42.3 Å². The molecular formula is C20H19ClN2O4. The smallest absolute Gasteiger partial charge is 0.325 e. The van der Waals surface area contributed by atoms with Gasteiger partial charge in [0, 0.05) is 11.4 Å². The van der Waals surface area contributed by atoms with Crippen LogP contribution in [0.25, 0.3) is 0 Å². The summed E-state index contributed by atoms with van der Waals surface area (Å²) in [5, 5.41) is 3.42. The maximum Gasteiger partial charge on any atom is 0.325 e. The van der Waals surface area contributed by atoms with E-state index in [-0.39, 0.29) is 12.5 Å². The molecule has 2 aromatic rings. The zero-order valence-corrected chi connectivity index (χ0v) is 15.6. The molecule has 0 bridgehead atoms. The zero-order chi connectivity index (χ0) is 19.0. The lowest BCUT2D eigenvalue weighted by Crippen LogP contribution is -2.40. The van der Waals surface area contributed by atoms with Crippen molar-refractivity contribution in [3.8, 4) is 11.5 Å². The fraction of sp³-hybridized carbons (Fsp3) is 0.300. The first kappa shape index (κ1) is 17.7. The molecule has 6 nitrogen and oxygen atoms in total. The van der Waals surface area contributed by atoms with Crippen LogP contribution in [-0.4, -0.2) is 30.1 Å². The van der Waals surface area contributed by atoms with Crippen molar-refractivity contribution < 1.29 is 19.1 Å². The summed E-state index contributed by atoms with van der Waals surface area (Å²) in [7, 11) is 0. The number of nitrogens with one attached hydrogen (secondary N) is 1. The summed E-state index contributed by atoms with van der Waals surface area (Å²) >= 11 is 5.90. The van der Waals surface area contributed by atoms with Gasteiger partial charge in [-0.1, -0.05) is 29.8 Å². The van der Waals surface area contributed by atoms with Gasteiger partial charge in [-0.2, -0.15) is 0 Å². The standard InChI is InChI=1S/C20H19ClN2O4/c1-20(14-5-8-16-17(11-14)27-10-2-9-26-16)18(24)23(19(25)22-20)12-13-3-6-15(21)7-4-13/h3-8,11H,2,9-10,12H2,1H3,(H,22,25)/t20-/m1/s1. The number of carbonyl (C=O) groups excluding carboxylic acids is 2. The second-order valence-electron chi connectivity index (χ2n) is 6.78. The largest absolute Gasteiger partial charge is 0.490 e. The van der Waals surface area contributed by atoms with Crippen LogP contribution in [0.2, 0.25) is 5.02 Å². The van der Waals surface area contributed by atoms with Gasteiger partial charge in [-0.15, -0.1) is 0 Å². The Morgan fingerprint density at radius 1 is 1.07 bits per heavy atom. The van der Waals surface area contributed by atoms with E-state index in [0.29, 0.717) is 35.3 Å². The van der Waals surface area contributed by atoms with E-state index in [1.54, 1.807) is 49.4 Å². The number of carbonyl (C=O) groups is 2. The van der Waals surface area contributed by atoms with Crippen molar-refractivity contribution in [2.75, 3.05) is 13.2 Å². The van der Waals surface area contributed by atoms with Crippen LogP contribution in [0.15, 0.2) is 42.5 Å². The lowest BCUT2D eigenvalue weighted by molar-refractivity contribution is -0.131. The molecule has 7 heteroatoms. The Hall–Kier alpha value is -2.73. The zero-order valence-electron chi connectivity index (χ0n) is 14.8. The highest BCUT2D eigenvalue weighted by molar-refractivity contribution is 6.30. The van der Waals surface area contributed by atoms with E-state index >= 15 is 0 Å². The van der Waals surface area contributed by atoms with Gasteiger partial charge in [0.05, 0.1) is 19.8 Å². The highest BCUT2D eigenvalue weighted by atomic mass is 35.5. The highest BCUT2D eigenvalue weighted by Crippen LogP contribution is 2.37. The van der Waals surface area contributed by atoms with Gasteiger partial charge < -0.3 is 14.8 Å². The minimum atomic E-state index is -1.16. The van der Waals surface area contributed by atoms with E-state index in [1.807, 2.05) is 0 Å². The van der Waals surface area contributed by atoms with Crippen LogP contribution in [0, 0.1) is 0 Å². The molecule has 3 amide bonds. The van der Waals surface area contributed by atoms with Crippen molar-refractivity contribution in [3.63, 3.8) is 0 Å². The number of rotatable bonds is 3. The molecular weight excluding hydrogens is 368 g/mol. The topological polar surface area (TPSA) is 67.9 Å². The van der Waals surface area contributed by atoms with Gasteiger partial charge in [0.2, 0.25) is 0 Å². The predicted octanol–water partition coefficient (Wildman–Crippen LogP) is 3.47. The van der Waals surface area contributed by atoms with Gasteiger partial charge in [0.25, 0.3) is 5.91 Å². The van der Waals surface area contributed by atoms with Crippen LogP contribution >= 0.6 is 11.6 Å². The Morgan fingerprint density at radius 3 is 2.52 bits per heavy atom. The average Bonchev–Trinajstić information content (AvgIpc) is 2.84. The number of imide groups is 1. The van der Waals surface area contributed by atoms with E-state index in [2.05, 4.69) is 5.32 Å². The van der Waals surface area contributed by atoms with Gasteiger partial charge >= 0.3 is 6.03 Å². The van der Waals surface area contributed by atoms with Crippen LogP contribution in [0.3, 0.4) is 0 Å². The molecule has 27 heavy (non-hydrogen) atoms. The molecule has 1 N–H and O–H groups in total. The number of hydrogen-bond donors (Lipinski definition) is 1. The summed E-state index contributed by atoms with van der Waals surface area (Å²) in [5.41, 5.74) is 0.323. The van der Waals surface area contributed by atoms with E-state index < -0.39 is 11.6 Å². The van der Waals surface area contributed by atoms with E-state index in [4.69, 9.17) is 21.1 Å². The first-order valence-corrected chi connectivity index (χ1v) is 9.14. The monoisotopic (exact) mass is 386 g/mol. The molecule has 1 fully saturated rings.